The average molecular weight is 270 g/mol. The standard InChI is InChI=1S/C15H18N4O/c16-15(20)19-8-5-12(6-9-19)18-13-3-4-14-11(10-13)2-1-7-17-14/h1-4,7,10,12,18H,5-6,8-9H2,(H2,16,20). The molecule has 3 N–H and O–H groups in total. The fourth-order valence-corrected chi connectivity index (χ4v) is 2.65. The van der Waals surface area contributed by atoms with Crippen molar-refractivity contribution in [2.24, 2.45) is 5.73 Å². The zero-order valence-electron chi connectivity index (χ0n) is 11.2. The van der Waals surface area contributed by atoms with Gasteiger partial charge in [0.1, 0.15) is 0 Å². The predicted molar refractivity (Wildman–Crippen MR) is 79.5 cm³/mol. The minimum Gasteiger partial charge on any atom is -0.382 e. The third-order valence-electron chi connectivity index (χ3n) is 3.78. The van der Waals surface area contributed by atoms with Gasteiger partial charge in [-0.15, -0.1) is 0 Å². The molecule has 1 fully saturated rings. The van der Waals surface area contributed by atoms with Crippen LogP contribution in [0.4, 0.5) is 10.5 Å². The van der Waals surface area contributed by atoms with E-state index in [4.69, 9.17) is 5.73 Å². The van der Waals surface area contributed by atoms with Crippen molar-refractivity contribution in [3.63, 3.8) is 0 Å². The zero-order valence-corrected chi connectivity index (χ0v) is 11.2. The molecule has 0 bridgehead atoms. The number of nitrogens with zero attached hydrogens (tertiary/aromatic N) is 2. The topological polar surface area (TPSA) is 71.2 Å². The Balaban J connectivity index is 1.66. The first-order valence-electron chi connectivity index (χ1n) is 6.88. The molecule has 5 heteroatoms. The molecule has 20 heavy (non-hydrogen) atoms. The predicted octanol–water partition coefficient (Wildman–Crippen LogP) is 2.19. The van der Waals surface area contributed by atoms with E-state index in [1.807, 2.05) is 12.1 Å². The smallest absolute Gasteiger partial charge is 0.314 e. The zero-order chi connectivity index (χ0) is 13.9. The van der Waals surface area contributed by atoms with Gasteiger partial charge in [-0.05, 0) is 37.1 Å². The van der Waals surface area contributed by atoms with E-state index >= 15 is 0 Å². The van der Waals surface area contributed by atoms with Crippen molar-refractivity contribution in [2.75, 3.05) is 18.4 Å². The Bertz CT molecular complexity index is 620. The maximum atomic E-state index is 11.1. The van der Waals surface area contributed by atoms with Crippen LogP contribution in [-0.2, 0) is 0 Å². The highest BCUT2D eigenvalue weighted by molar-refractivity contribution is 5.82. The number of amides is 2. The monoisotopic (exact) mass is 270 g/mol. The number of carbonyl (C=O) groups excluding carboxylic acids is 1. The summed E-state index contributed by atoms with van der Waals surface area (Å²) in [5.41, 5.74) is 7.39. The third kappa shape index (κ3) is 2.66. The lowest BCUT2D eigenvalue weighted by Gasteiger charge is -2.31. The lowest BCUT2D eigenvalue weighted by Crippen LogP contribution is -2.44. The van der Waals surface area contributed by atoms with Crippen molar-refractivity contribution in [3.05, 3.63) is 36.5 Å². The normalized spacial score (nSPS) is 16.3. The van der Waals surface area contributed by atoms with Crippen molar-refractivity contribution < 1.29 is 4.79 Å². The van der Waals surface area contributed by atoms with E-state index in [-0.39, 0.29) is 6.03 Å². The summed E-state index contributed by atoms with van der Waals surface area (Å²) in [4.78, 5) is 17.1. The summed E-state index contributed by atoms with van der Waals surface area (Å²) in [7, 11) is 0. The summed E-state index contributed by atoms with van der Waals surface area (Å²) in [6.07, 6.45) is 3.65. The van der Waals surface area contributed by atoms with Gasteiger partial charge in [0.25, 0.3) is 0 Å². The quantitative estimate of drug-likeness (QED) is 0.878. The molecule has 2 heterocycles. The Labute approximate surface area is 117 Å². The fourth-order valence-electron chi connectivity index (χ4n) is 2.65. The number of carbonyl (C=O) groups is 1. The second-order valence-corrected chi connectivity index (χ2v) is 5.15. The van der Waals surface area contributed by atoms with Crippen molar-refractivity contribution in [2.45, 2.75) is 18.9 Å². The minimum atomic E-state index is -0.319. The van der Waals surface area contributed by atoms with E-state index in [9.17, 15) is 4.79 Å². The minimum absolute atomic E-state index is 0.319. The van der Waals surface area contributed by atoms with Gasteiger partial charge in [-0.3, -0.25) is 4.98 Å². The molecule has 1 saturated heterocycles. The van der Waals surface area contributed by atoms with Crippen molar-refractivity contribution >= 4 is 22.6 Å². The van der Waals surface area contributed by atoms with Crippen LogP contribution in [0.25, 0.3) is 10.9 Å². The number of benzene rings is 1. The highest BCUT2D eigenvalue weighted by atomic mass is 16.2. The number of nitrogens with two attached hydrogens (primary N) is 1. The Morgan fingerprint density at radius 1 is 1.30 bits per heavy atom. The second-order valence-electron chi connectivity index (χ2n) is 5.15. The number of piperidine rings is 1. The van der Waals surface area contributed by atoms with Gasteiger partial charge < -0.3 is 16.0 Å². The highest BCUT2D eigenvalue weighted by Gasteiger charge is 2.20. The number of hydrogen-bond acceptors (Lipinski definition) is 3. The Kier molecular flexibility index (Phi) is 3.41. The van der Waals surface area contributed by atoms with Crippen LogP contribution >= 0.6 is 0 Å². The fraction of sp³-hybridized carbons (Fsp3) is 0.333. The number of anilines is 1. The number of primary amides is 1. The molecule has 1 aliphatic rings. The molecule has 2 amide bonds. The maximum absolute atomic E-state index is 11.1. The molecule has 5 nitrogen and oxygen atoms in total. The van der Waals surface area contributed by atoms with Gasteiger partial charge in [-0.25, -0.2) is 4.79 Å². The van der Waals surface area contributed by atoms with Crippen molar-refractivity contribution in [1.82, 2.24) is 9.88 Å². The van der Waals surface area contributed by atoms with Gasteiger partial charge >= 0.3 is 6.03 Å². The van der Waals surface area contributed by atoms with Crippen LogP contribution in [0.5, 0.6) is 0 Å². The molecule has 0 unspecified atom stereocenters. The highest BCUT2D eigenvalue weighted by Crippen LogP contribution is 2.20. The van der Waals surface area contributed by atoms with Crippen LogP contribution in [0.1, 0.15) is 12.8 Å². The first-order valence-corrected chi connectivity index (χ1v) is 6.88. The molecule has 1 aromatic heterocycles. The molecule has 2 aromatic rings. The number of nitrogens with one attached hydrogen (secondary N) is 1. The molecule has 3 rings (SSSR count). The summed E-state index contributed by atoms with van der Waals surface area (Å²) in [6, 6.07) is 10.3. The van der Waals surface area contributed by atoms with E-state index in [0.717, 1.165) is 42.5 Å². The number of urea groups is 1. The summed E-state index contributed by atoms with van der Waals surface area (Å²) in [5.74, 6) is 0. The lowest BCUT2D eigenvalue weighted by atomic mass is 10.0. The van der Waals surface area contributed by atoms with Crippen LogP contribution in [-0.4, -0.2) is 35.0 Å². The van der Waals surface area contributed by atoms with Crippen LogP contribution in [0.2, 0.25) is 0 Å². The first-order chi connectivity index (χ1) is 9.72. The van der Waals surface area contributed by atoms with Gasteiger partial charge in [0.2, 0.25) is 0 Å². The number of aromatic nitrogens is 1. The number of fused-ring (bicyclic) bond motifs is 1. The first kappa shape index (κ1) is 12.7. The van der Waals surface area contributed by atoms with Crippen LogP contribution < -0.4 is 11.1 Å². The van der Waals surface area contributed by atoms with Crippen LogP contribution in [0.15, 0.2) is 36.5 Å². The average Bonchev–Trinajstić information content (AvgIpc) is 2.48. The van der Waals surface area contributed by atoms with Gasteiger partial charge in [0.15, 0.2) is 0 Å². The molecule has 0 radical (unpaired) electrons. The molecular formula is C15H18N4O. The van der Waals surface area contributed by atoms with E-state index < -0.39 is 0 Å². The Morgan fingerprint density at radius 2 is 2.10 bits per heavy atom. The van der Waals surface area contributed by atoms with E-state index in [0.29, 0.717) is 6.04 Å². The summed E-state index contributed by atoms with van der Waals surface area (Å²) >= 11 is 0. The molecule has 1 aliphatic heterocycles. The number of likely N-dealkylation sites (tertiary alicyclic amines) is 1. The largest absolute Gasteiger partial charge is 0.382 e. The van der Waals surface area contributed by atoms with Crippen LogP contribution in [0.3, 0.4) is 0 Å². The molecule has 0 aliphatic carbocycles. The lowest BCUT2D eigenvalue weighted by molar-refractivity contribution is 0.193. The molecular weight excluding hydrogens is 252 g/mol. The summed E-state index contributed by atoms with van der Waals surface area (Å²) in [6.45, 7) is 1.45. The van der Waals surface area contributed by atoms with Crippen LogP contribution in [0, 0.1) is 0 Å². The van der Waals surface area contributed by atoms with Crippen molar-refractivity contribution in [3.8, 4) is 0 Å². The maximum Gasteiger partial charge on any atom is 0.314 e. The second kappa shape index (κ2) is 5.36. The van der Waals surface area contributed by atoms with Gasteiger partial charge in [-0.1, -0.05) is 6.07 Å². The molecule has 104 valence electrons. The Hall–Kier alpha value is -2.30. The van der Waals surface area contributed by atoms with Gasteiger partial charge in [-0.2, -0.15) is 0 Å². The summed E-state index contributed by atoms with van der Waals surface area (Å²) in [5, 5.41) is 4.66. The van der Waals surface area contributed by atoms with Gasteiger partial charge in [0, 0.05) is 36.4 Å². The van der Waals surface area contributed by atoms with E-state index in [1.54, 1.807) is 11.1 Å². The SMILES string of the molecule is NC(=O)N1CCC(Nc2ccc3ncccc3c2)CC1. The molecule has 0 saturated carbocycles. The molecule has 0 atom stereocenters. The Morgan fingerprint density at radius 3 is 2.85 bits per heavy atom. The molecule has 1 aromatic carbocycles. The number of hydrogen-bond donors (Lipinski definition) is 2. The molecule has 0 spiro atoms. The van der Waals surface area contributed by atoms with Gasteiger partial charge in [0.05, 0.1) is 5.52 Å². The third-order valence-corrected chi connectivity index (χ3v) is 3.78. The van der Waals surface area contributed by atoms with E-state index in [2.05, 4.69) is 28.5 Å². The number of rotatable bonds is 2. The van der Waals surface area contributed by atoms with E-state index in [1.165, 1.54) is 0 Å². The summed E-state index contributed by atoms with van der Waals surface area (Å²) < 4.78 is 0. The number of pyridine rings is 1. The van der Waals surface area contributed by atoms with Crippen molar-refractivity contribution in [1.29, 1.82) is 0 Å².